The first kappa shape index (κ1) is 14.2. The van der Waals surface area contributed by atoms with Crippen molar-refractivity contribution in [2.24, 2.45) is 5.92 Å². The molecule has 106 valence electrons. The largest absolute Gasteiger partial charge is 0.497 e. The van der Waals surface area contributed by atoms with Crippen molar-refractivity contribution < 1.29 is 9.47 Å². The van der Waals surface area contributed by atoms with Crippen LogP contribution >= 0.6 is 0 Å². The highest BCUT2D eigenvalue weighted by atomic mass is 16.5. The van der Waals surface area contributed by atoms with Gasteiger partial charge in [0.15, 0.2) is 0 Å². The van der Waals surface area contributed by atoms with Crippen molar-refractivity contribution in [1.82, 2.24) is 5.32 Å². The molecule has 1 aromatic carbocycles. The lowest BCUT2D eigenvalue weighted by Crippen LogP contribution is -2.18. The van der Waals surface area contributed by atoms with Crippen LogP contribution in [0.2, 0.25) is 0 Å². The van der Waals surface area contributed by atoms with E-state index in [1.165, 1.54) is 12.0 Å². The van der Waals surface area contributed by atoms with Crippen LogP contribution in [0.15, 0.2) is 18.2 Å². The van der Waals surface area contributed by atoms with E-state index in [4.69, 9.17) is 9.47 Å². The number of hydrogen-bond donors (Lipinski definition) is 1. The van der Waals surface area contributed by atoms with Crippen molar-refractivity contribution in [3.05, 3.63) is 23.8 Å². The van der Waals surface area contributed by atoms with Crippen LogP contribution in [0.25, 0.3) is 0 Å². The summed E-state index contributed by atoms with van der Waals surface area (Å²) in [5.74, 6) is 2.51. The van der Waals surface area contributed by atoms with Crippen LogP contribution in [-0.2, 0) is 5.41 Å². The minimum atomic E-state index is 0.0534. The summed E-state index contributed by atoms with van der Waals surface area (Å²) < 4.78 is 11.4. The zero-order valence-corrected chi connectivity index (χ0v) is 12.5. The molecule has 0 spiro atoms. The third-order valence-corrected chi connectivity index (χ3v) is 3.63. The van der Waals surface area contributed by atoms with Crippen molar-refractivity contribution in [3.63, 3.8) is 0 Å². The fourth-order valence-electron chi connectivity index (χ4n) is 2.41. The van der Waals surface area contributed by atoms with Gasteiger partial charge < -0.3 is 14.8 Å². The first-order valence-corrected chi connectivity index (χ1v) is 7.03. The predicted octanol–water partition coefficient (Wildman–Crippen LogP) is 2.98. The summed E-state index contributed by atoms with van der Waals surface area (Å²) in [6, 6.07) is 6.08. The maximum absolute atomic E-state index is 6.05. The molecule has 3 heteroatoms. The summed E-state index contributed by atoms with van der Waals surface area (Å²) in [5.41, 5.74) is 1.26. The van der Waals surface area contributed by atoms with Gasteiger partial charge in [0.2, 0.25) is 0 Å². The van der Waals surface area contributed by atoms with Gasteiger partial charge in [0, 0.05) is 18.0 Å². The molecule has 1 aliphatic rings. The van der Waals surface area contributed by atoms with Gasteiger partial charge in [0.05, 0.1) is 13.7 Å². The molecule has 1 aliphatic heterocycles. The molecule has 1 atom stereocenters. The molecule has 0 saturated carbocycles. The van der Waals surface area contributed by atoms with Crippen LogP contribution in [0.3, 0.4) is 0 Å². The minimum absolute atomic E-state index is 0.0534. The number of hydrogen-bond acceptors (Lipinski definition) is 3. The Hall–Kier alpha value is -1.22. The minimum Gasteiger partial charge on any atom is -0.497 e. The average molecular weight is 263 g/mol. The van der Waals surface area contributed by atoms with Gasteiger partial charge in [-0.15, -0.1) is 0 Å². The second-order valence-electron chi connectivity index (χ2n) is 6.28. The lowest BCUT2D eigenvalue weighted by molar-refractivity contribution is 0.254. The Kier molecular flexibility index (Phi) is 4.35. The van der Waals surface area contributed by atoms with Crippen LogP contribution in [0.1, 0.15) is 32.8 Å². The van der Waals surface area contributed by atoms with Crippen LogP contribution in [0.4, 0.5) is 0 Å². The summed E-state index contributed by atoms with van der Waals surface area (Å²) in [6.07, 6.45) is 1.21. The topological polar surface area (TPSA) is 30.5 Å². The monoisotopic (exact) mass is 263 g/mol. The lowest BCUT2D eigenvalue weighted by Gasteiger charge is -2.24. The van der Waals surface area contributed by atoms with E-state index >= 15 is 0 Å². The standard InChI is InChI=1S/C16H25NO2/c1-16(2,3)14-9-13(18-4)5-6-15(14)19-11-12-7-8-17-10-12/h5-6,9,12,17H,7-8,10-11H2,1-4H3. The van der Waals surface area contributed by atoms with E-state index < -0.39 is 0 Å². The van der Waals surface area contributed by atoms with Crippen LogP contribution in [-0.4, -0.2) is 26.8 Å². The molecule has 0 aromatic heterocycles. The summed E-state index contributed by atoms with van der Waals surface area (Å²) >= 11 is 0. The van der Waals surface area contributed by atoms with Crippen molar-refractivity contribution in [1.29, 1.82) is 0 Å². The fraction of sp³-hybridized carbons (Fsp3) is 0.625. The van der Waals surface area contributed by atoms with Gasteiger partial charge >= 0.3 is 0 Å². The molecule has 1 aromatic rings. The molecule has 1 unspecified atom stereocenters. The first-order valence-electron chi connectivity index (χ1n) is 7.03. The highest BCUT2D eigenvalue weighted by molar-refractivity contribution is 5.44. The Labute approximate surface area is 116 Å². The zero-order chi connectivity index (χ0) is 13.9. The molecule has 0 bridgehead atoms. The highest BCUT2D eigenvalue weighted by Crippen LogP contribution is 2.34. The van der Waals surface area contributed by atoms with E-state index in [0.717, 1.165) is 31.2 Å². The van der Waals surface area contributed by atoms with Gasteiger partial charge in [-0.1, -0.05) is 20.8 Å². The van der Waals surface area contributed by atoms with Crippen molar-refractivity contribution in [3.8, 4) is 11.5 Å². The number of rotatable bonds is 4. The molecular formula is C16H25NO2. The summed E-state index contributed by atoms with van der Waals surface area (Å²) in [6.45, 7) is 9.58. The Morgan fingerprint density at radius 3 is 2.68 bits per heavy atom. The SMILES string of the molecule is COc1ccc(OCC2CCNC2)c(C(C)(C)C)c1. The Morgan fingerprint density at radius 2 is 2.11 bits per heavy atom. The number of ether oxygens (including phenoxy) is 2. The maximum Gasteiger partial charge on any atom is 0.123 e. The van der Waals surface area contributed by atoms with Gasteiger partial charge in [0.1, 0.15) is 11.5 Å². The smallest absolute Gasteiger partial charge is 0.123 e. The van der Waals surface area contributed by atoms with Crippen molar-refractivity contribution in [2.75, 3.05) is 26.8 Å². The first-order chi connectivity index (χ1) is 9.00. The van der Waals surface area contributed by atoms with E-state index in [-0.39, 0.29) is 5.41 Å². The predicted molar refractivity (Wildman–Crippen MR) is 78.2 cm³/mol. The zero-order valence-electron chi connectivity index (χ0n) is 12.5. The normalized spacial score (nSPS) is 19.5. The van der Waals surface area contributed by atoms with Gasteiger partial charge in [-0.2, -0.15) is 0 Å². The Balaban J connectivity index is 2.13. The van der Waals surface area contributed by atoms with Crippen LogP contribution in [0.5, 0.6) is 11.5 Å². The average Bonchev–Trinajstić information content (AvgIpc) is 2.88. The quantitative estimate of drug-likeness (QED) is 0.906. The molecule has 1 fully saturated rings. The van der Waals surface area contributed by atoms with Gasteiger partial charge in [-0.05, 0) is 36.6 Å². The molecule has 1 heterocycles. The molecule has 0 aliphatic carbocycles. The molecule has 1 N–H and O–H groups in total. The highest BCUT2D eigenvalue weighted by Gasteiger charge is 2.21. The van der Waals surface area contributed by atoms with E-state index in [9.17, 15) is 0 Å². The van der Waals surface area contributed by atoms with Crippen molar-refractivity contribution >= 4 is 0 Å². The van der Waals surface area contributed by atoms with E-state index in [0.29, 0.717) is 5.92 Å². The van der Waals surface area contributed by atoms with E-state index in [1.54, 1.807) is 7.11 Å². The molecule has 0 radical (unpaired) electrons. The molecule has 1 saturated heterocycles. The number of benzene rings is 1. The summed E-state index contributed by atoms with van der Waals surface area (Å²) in [7, 11) is 1.70. The number of methoxy groups -OCH3 is 1. The second-order valence-corrected chi connectivity index (χ2v) is 6.28. The van der Waals surface area contributed by atoms with Gasteiger partial charge in [-0.3, -0.25) is 0 Å². The second kappa shape index (κ2) is 5.83. The van der Waals surface area contributed by atoms with Crippen LogP contribution < -0.4 is 14.8 Å². The summed E-state index contributed by atoms with van der Waals surface area (Å²) in [5, 5.41) is 3.37. The molecular weight excluding hydrogens is 238 g/mol. The van der Waals surface area contributed by atoms with E-state index in [2.05, 4.69) is 32.2 Å². The Bertz CT molecular complexity index is 417. The summed E-state index contributed by atoms with van der Waals surface area (Å²) in [4.78, 5) is 0. The molecule has 3 nitrogen and oxygen atoms in total. The van der Waals surface area contributed by atoms with E-state index in [1.807, 2.05) is 12.1 Å². The fourth-order valence-corrected chi connectivity index (χ4v) is 2.41. The molecule has 0 amide bonds. The third-order valence-electron chi connectivity index (χ3n) is 3.63. The molecule has 19 heavy (non-hydrogen) atoms. The third kappa shape index (κ3) is 3.63. The maximum atomic E-state index is 6.05. The molecule has 2 rings (SSSR count). The van der Waals surface area contributed by atoms with Crippen molar-refractivity contribution in [2.45, 2.75) is 32.6 Å². The van der Waals surface area contributed by atoms with Gasteiger partial charge in [0.25, 0.3) is 0 Å². The number of nitrogens with one attached hydrogen (secondary N) is 1. The lowest BCUT2D eigenvalue weighted by atomic mass is 9.86. The van der Waals surface area contributed by atoms with Crippen LogP contribution in [0, 0.1) is 5.92 Å². The Morgan fingerprint density at radius 1 is 1.32 bits per heavy atom. The van der Waals surface area contributed by atoms with Gasteiger partial charge in [-0.25, -0.2) is 0 Å².